The molecule has 2 radical (unpaired) electrons. The summed E-state index contributed by atoms with van der Waals surface area (Å²) in [6.07, 6.45) is 5.54. The molecular weight excluding hydrogens is 403 g/mol. The third kappa shape index (κ3) is 3.09. The van der Waals surface area contributed by atoms with E-state index in [1.165, 1.54) is 0 Å². The number of ether oxygens (including phenoxy) is 1. The molecule has 0 saturated heterocycles. The Bertz CT molecular complexity index is 1100. The third-order valence-electron chi connectivity index (χ3n) is 4.32. The molecule has 1 aliphatic rings. The number of nitrogens with zero attached hydrogens (tertiary/aromatic N) is 6. The summed E-state index contributed by atoms with van der Waals surface area (Å²) in [7, 11) is 1.63. The first-order chi connectivity index (χ1) is 13.1. The van der Waals surface area contributed by atoms with Crippen LogP contribution >= 0.6 is 0 Å². The van der Waals surface area contributed by atoms with Gasteiger partial charge in [-0.05, 0) is 0 Å². The van der Waals surface area contributed by atoms with E-state index in [9.17, 15) is 0 Å². The first-order valence-corrected chi connectivity index (χ1v) is 9.12. The van der Waals surface area contributed by atoms with Gasteiger partial charge in [-0.1, -0.05) is 0 Å². The second-order valence-corrected chi connectivity index (χ2v) is 6.81. The third-order valence-corrected chi connectivity index (χ3v) is 5.03. The van der Waals surface area contributed by atoms with Crippen LogP contribution in [0.25, 0.3) is 5.69 Å². The number of anilines is 2. The fourth-order valence-electron chi connectivity index (χ4n) is 3.02. The Morgan fingerprint density at radius 1 is 1.19 bits per heavy atom. The average Bonchev–Trinajstić information content (AvgIpc) is 3.13. The van der Waals surface area contributed by atoms with Gasteiger partial charge >= 0.3 is 165 Å². The Morgan fingerprint density at radius 3 is 2.70 bits per heavy atom. The molecule has 0 N–H and O–H groups in total. The van der Waals surface area contributed by atoms with E-state index in [1.54, 1.807) is 11.8 Å². The summed E-state index contributed by atoms with van der Waals surface area (Å²) < 4.78 is 8.00. The SMILES string of the molecule is C#Cc1ccc2c(c1)CN=C([As])N2c1cc(OC)cc(-n2nnnc2C)c1. The van der Waals surface area contributed by atoms with E-state index in [0.717, 1.165) is 32.8 Å². The molecule has 0 atom stereocenters. The summed E-state index contributed by atoms with van der Waals surface area (Å²) in [4.78, 5) is 6.69. The number of aromatic nitrogens is 4. The van der Waals surface area contributed by atoms with Gasteiger partial charge in [0.1, 0.15) is 0 Å². The molecule has 0 unspecified atom stereocenters. The Hall–Kier alpha value is -3.10. The van der Waals surface area contributed by atoms with E-state index in [4.69, 9.17) is 11.2 Å². The molecule has 0 aliphatic carbocycles. The van der Waals surface area contributed by atoms with Crippen LogP contribution in [-0.4, -0.2) is 48.8 Å². The van der Waals surface area contributed by atoms with Crippen molar-refractivity contribution in [3.8, 4) is 23.8 Å². The number of terminal acetylenes is 1. The molecule has 4 rings (SSSR count). The summed E-state index contributed by atoms with van der Waals surface area (Å²) >= 11 is 2.52. The molecule has 2 aromatic carbocycles. The number of aliphatic imine (C=N–C) groups is 1. The van der Waals surface area contributed by atoms with E-state index in [-0.39, 0.29) is 0 Å². The van der Waals surface area contributed by atoms with Crippen LogP contribution in [0.1, 0.15) is 17.0 Å². The molecule has 1 aliphatic heterocycles. The zero-order valence-corrected chi connectivity index (χ0v) is 16.7. The average molecular weight is 418 g/mol. The fraction of sp³-hybridized carbons (Fsp3) is 0.158. The van der Waals surface area contributed by atoms with Gasteiger partial charge < -0.3 is 0 Å². The van der Waals surface area contributed by atoms with Crippen molar-refractivity contribution in [2.75, 3.05) is 12.0 Å². The van der Waals surface area contributed by atoms with Crippen LogP contribution in [0.4, 0.5) is 11.4 Å². The summed E-state index contributed by atoms with van der Waals surface area (Å²) in [5.41, 5.74) is 4.65. The monoisotopic (exact) mass is 418 g/mol. The van der Waals surface area contributed by atoms with Crippen molar-refractivity contribution >= 4 is 32.9 Å². The molecule has 2 heterocycles. The number of methoxy groups -OCH3 is 1. The van der Waals surface area contributed by atoms with Crippen LogP contribution in [0.5, 0.6) is 5.75 Å². The molecule has 3 aromatic rings. The molecule has 0 amide bonds. The van der Waals surface area contributed by atoms with Gasteiger partial charge in [0.15, 0.2) is 0 Å². The second-order valence-electron chi connectivity index (χ2n) is 5.97. The number of rotatable bonds is 3. The maximum atomic E-state index is 5.54. The van der Waals surface area contributed by atoms with Gasteiger partial charge in [-0.15, -0.1) is 0 Å². The first-order valence-electron chi connectivity index (χ1n) is 8.18. The molecule has 27 heavy (non-hydrogen) atoms. The van der Waals surface area contributed by atoms with Crippen LogP contribution in [0.3, 0.4) is 0 Å². The molecular formula is C19H15AsN6O. The van der Waals surface area contributed by atoms with Crippen molar-refractivity contribution in [1.29, 1.82) is 0 Å². The number of hydrogen-bond donors (Lipinski definition) is 0. The topological polar surface area (TPSA) is 68.4 Å². The zero-order valence-electron chi connectivity index (χ0n) is 14.8. The molecule has 7 nitrogen and oxygen atoms in total. The summed E-state index contributed by atoms with van der Waals surface area (Å²) in [5, 5.41) is 11.8. The first kappa shape index (κ1) is 17.3. The maximum absolute atomic E-state index is 5.54. The predicted octanol–water partition coefficient (Wildman–Crippen LogP) is 2.14. The summed E-state index contributed by atoms with van der Waals surface area (Å²) in [6, 6.07) is 11.8. The minimum absolute atomic E-state index is 0.592. The normalized spacial score (nSPS) is 13.0. The van der Waals surface area contributed by atoms with E-state index < -0.39 is 0 Å². The van der Waals surface area contributed by atoms with Gasteiger partial charge in [0.25, 0.3) is 0 Å². The Kier molecular flexibility index (Phi) is 4.42. The molecule has 8 heteroatoms. The predicted molar refractivity (Wildman–Crippen MR) is 104 cm³/mol. The van der Waals surface area contributed by atoms with Gasteiger partial charge in [0.2, 0.25) is 0 Å². The zero-order chi connectivity index (χ0) is 19.0. The van der Waals surface area contributed by atoms with Crippen molar-refractivity contribution in [1.82, 2.24) is 20.2 Å². The second kappa shape index (κ2) is 6.90. The number of benzene rings is 2. The van der Waals surface area contributed by atoms with Crippen LogP contribution in [-0.2, 0) is 6.54 Å². The number of hydrogen-bond acceptors (Lipinski definition) is 6. The summed E-state index contributed by atoms with van der Waals surface area (Å²) in [6.45, 7) is 2.44. The van der Waals surface area contributed by atoms with Gasteiger partial charge in [0.05, 0.1) is 0 Å². The molecule has 0 bridgehead atoms. The Labute approximate surface area is 165 Å². The van der Waals surface area contributed by atoms with Crippen molar-refractivity contribution < 1.29 is 4.74 Å². The minimum atomic E-state index is 0.592. The van der Waals surface area contributed by atoms with Crippen LogP contribution in [0.2, 0.25) is 0 Å². The van der Waals surface area contributed by atoms with Crippen molar-refractivity contribution in [3.63, 3.8) is 0 Å². The van der Waals surface area contributed by atoms with Crippen molar-refractivity contribution in [2.24, 2.45) is 4.99 Å². The van der Waals surface area contributed by atoms with Gasteiger partial charge in [0, 0.05) is 0 Å². The Balaban J connectivity index is 1.88. The molecule has 0 spiro atoms. The fourth-order valence-corrected chi connectivity index (χ4v) is 3.63. The number of aryl methyl sites for hydroxylation is 1. The number of amidine groups is 1. The van der Waals surface area contributed by atoms with Crippen molar-refractivity contribution in [2.45, 2.75) is 13.5 Å². The van der Waals surface area contributed by atoms with Crippen LogP contribution in [0, 0.1) is 19.3 Å². The van der Waals surface area contributed by atoms with E-state index >= 15 is 0 Å². The molecule has 132 valence electrons. The number of fused-ring (bicyclic) bond motifs is 1. The summed E-state index contributed by atoms with van der Waals surface area (Å²) in [5.74, 6) is 4.07. The standard InChI is InChI=1S/C19H15AsN6O/c1-4-13-5-6-18-14(7-13)11-21-19(20)25(18)15-8-16(10-17(9-15)27-3)26-12(2)22-23-24-26/h1,5-10H,11H2,2-3H3. The Morgan fingerprint density at radius 2 is 2.00 bits per heavy atom. The van der Waals surface area contributed by atoms with E-state index in [2.05, 4.69) is 48.2 Å². The van der Waals surface area contributed by atoms with Crippen molar-refractivity contribution in [3.05, 3.63) is 53.3 Å². The van der Waals surface area contributed by atoms with Gasteiger partial charge in [-0.25, -0.2) is 0 Å². The number of tetrazole rings is 1. The van der Waals surface area contributed by atoms with E-state index in [0.29, 0.717) is 18.1 Å². The van der Waals surface area contributed by atoms with E-state index in [1.807, 2.05) is 43.3 Å². The van der Waals surface area contributed by atoms with Crippen LogP contribution < -0.4 is 9.64 Å². The van der Waals surface area contributed by atoms with Crippen LogP contribution in [0.15, 0.2) is 41.4 Å². The quantitative estimate of drug-likeness (QED) is 0.482. The molecule has 0 saturated carbocycles. The van der Waals surface area contributed by atoms with Gasteiger partial charge in [-0.2, -0.15) is 0 Å². The molecule has 0 fully saturated rings. The molecule has 1 aromatic heterocycles. The van der Waals surface area contributed by atoms with Gasteiger partial charge in [-0.3, -0.25) is 0 Å².